The highest BCUT2D eigenvalue weighted by Gasteiger charge is 2.43. The Bertz CT molecular complexity index is 771. The lowest BCUT2D eigenvalue weighted by Crippen LogP contribution is -2.58. The van der Waals surface area contributed by atoms with Crippen molar-refractivity contribution in [3.8, 4) is 0 Å². The van der Waals surface area contributed by atoms with Crippen molar-refractivity contribution in [2.24, 2.45) is 0 Å². The zero-order valence-corrected chi connectivity index (χ0v) is 22.9. The lowest BCUT2D eigenvalue weighted by atomic mass is 9.85. The number of hydrogen-bond acceptors (Lipinski definition) is 5. The molecule has 0 bridgehead atoms. The van der Waals surface area contributed by atoms with Crippen LogP contribution in [0.5, 0.6) is 0 Å². The number of rotatable bonds is 18. The molecule has 0 fully saturated rings. The van der Waals surface area contributed by atoms with Gasteiger partial charge in [0.25, 0.3) is 0 Å². The van der Waals surface area contributed by atoms with Gasteiger partial charge >= 0.3 is 6.09 Å². The number of unbranched alkanes of at least 4 members (excludes halogenated alkanes) is 11. The zero-order valence-electron chi connectivity index (χ0n) is 22.9. The minimum Gasteiger partial charge on any atom is -0.444 e. The summed E-state index contributed by atoms with van der Waals surface area (Å²) < 4.78 is 5.27. The molecule has 0 aliphatic carbocycles. The van der Waals surface area contributed by atoms with Crippen LogP contribution in [0.4, 0.5) is 4.79 Å². The molecular formula is C30H49NO5. The number of carbonyl (C=O) groups excluding carboxylic acids is 2. The Labute approximate surface area is 218 Å². The van der Waals surface area contributed by atoms with Crippen LogP contribution in [0, 0.1) is 0 Å². The van der Waals surface area contributed by atoms with Crippen LogP contribution in [0.25, 0.3) is 0 Å². The van der Waals surface area contributed by atoms with Crippen LogP contribution < -0.4 is 5.32 Å². The fraction of sp³-hybridized carbons (Fsp3) is 0.667. The molecule has 1 aromatic rings. The first-order chi connectivity index (χ1) is 17.1. The number of ketones is 1. The van der Waals surface area contributed by atoms with Gasteiger partial charge in [0, 0.05) is 5.56 Å². The largest absolute Gasteiger partial charge is 0.444 e. The highest BCUT2D eigenvalue weighted by atomic mass is 16.6. The van der Waals surface area contributed by atoms with Crippen LogP contribution >= 0.6 is 0 Å². The molecule has 36 heavy (non-hydrogen) atoms. The molecule has 6 heteroatoms. The lowest BCUT2D eigenvalue weighted by Gasteiger charge is -2.32. The van der Waals surface area contributed by atoms with Gasteiger partial charge in [0.05, 0.1) is 12.6 Å². The van der Waals surface area contributed by atoms with E-state index in [9.17, 15) is 19.8 Å². The Morgan fingerprint density at radius 2 is 1.44 bits per heavy atom. The maximum atomic E-state index is 13.3. The zero-order chi connectivity index (χ0) is 26.9. The highest BCUT2D eigenvalue weighted by molar-refractivity contribution is 6.04. The molecule has 1 rings (SSSR count). The minimum absolute atomic E-state index is 0.295. The van der Waals surface area contributed by atoms with Crippen LogP contribution in [0.1, 0.15) is 115 Å². The molecule has 0 spiro atoms. The van der Waals surface area contributed by atoms with Crippen LogP contribution in [-0.4, -0.2) is 45.9 Å². The van der Waals surface area contributed by atoms with E-state index in [1.54, 1.807) is 57.2 Å². The summed E-state index contributed by atoms with van der Waals surface area (Å²) >= 11 is 0. The molecular weight excluding hydrogens is 454 g/mol. The van der Waals surface area contributed by atoms with E-state index in [1.165, 1.54) is 63.9 Å². The van der Waals surface area contributed by atoms with E-state index < -0.39 is 35.7 Å². The second kappa shape index (κ2) is 17.3. The first-order valence-corrected chi connectivity index (χ1v) is 13.7. The standard InChI is InChI=1S/C30H49NO5/c1-5-6-7-8-9-10-11-12-13-14-15-16-20-23-30(35,27(33)25-21-18-17-19-22-25)26(24-32)31-28(34)36-29(2,3)4/h17-23,26,32,35H,5-16,24H2,1-4H3,(H,31,34)/t26?,30-/m1/s1. The van der Waals surface area contributed by atoms with Crippen molar-refractivity contribution in [3.05, 3.63) is 48.0 Å². The number of ether oxygens (including phenoxy) is 1. The number of aliphatic hydroxyl groups excluding tert-OH is 1. The quantitative estimate of drug-likeness (QED) is 0.117. The Balaban J connectivity index is 2.66. The second-order valence-corrected chi connectivity index (χ2v) is 10.6. The van der Waals surface area contributed by atoms with Gasteiger partial charge in [0.2, 0.25) is 5.78 Å². The fourth-order valence-electron chi connectivity index (χ4n) is 4.10. The third kappa shape index (κ3) is 12.7. The van der Waals surface area contributed by atoms with Crippen molar-refractivity contribution < 1.29 is 24.5 Å². The summed E-state index contributed by atoms with van der Waals surface area (Å²) in [6, 6.07) is 7.14. The van der Waals surface area contributed by atoms with Crippen molar-refractivity contribution in [1.82, 2.24) is 5.32 Å². The predicted octanol–water partition coefficient (Wildman–Crippen LogP) is 6.74. The van der Waals surface area contributed by atoms with Gasteiger partial charge in [-0.3, -0.25) is 4.79 Å². The predicted molar refractivity (Wildman–Crippen MR) is 146 cm³/mol. The van der Waals surface area contributed by atoms with E-state index in [0.29, 0.717) is 12.0 Å². The fourth-order valence-corrected chi connectivity index (χ4v) is 4.10. The van der Waals surface area contributed by atoms with Gasteiger partial charge in [0.15, 0.2) is 5.60 Å². The van der Waals surface area contributed by atoms with Crippen molar-refractivity contribution in [2.45, 2.75) is 122 Å². The summed E-state index contributed by atoms with van der Waals surface area (Å²) in [5.74, 6) is -0.589. The van der Waals surface area contributed by atoms with E-state index in [2.05, 4.69) is 12.2 Å². The summed E-state index contributed by atoms with van der Waals surface area (Å²) in [6.45, 7) is 6.76. The molecule has 0 radical (unpaired) electrons. The molecule has 6 nitrogen and oxygen atoms in total. The van der Waals surface area contributed by atoms with Crippen molar-refractivity contribution in [2.75, 3.05) is 6.61 Å². The normalized spacial score (nSPS) is 14.4. The topological polar surface area (TPSA) is 95.9 Å². The summed E-state index contributed by atoms with van der Waals surface area (Å²) in [7, 11) is 0. The Morgan fingerprint density at radius 3 is 1.94 bits per heavy atom. The molecule has 0 saturated carbocycles. The molecule has 0 aliphatic rings. The first kappa shape index (κ1) is 31.8. The number of allylic oxidation sites excluding steroid dienone is 1. The number of carbonyl (C=O) groups is 2. The molecule has 2 atom stereocenters. The maximum Gasteiger partial charge on any atom is 0.408 e. The van der Waals surface area contributed by atoms with Crippen LogP contribution in [-0.2, 0) is 4.74 Å². The van der Waals surface area contributed by atoms with E-state index >= 15 is 0 Å². The summed E-state index contributed by atoms with van der Waals surface area (Å²) in [4.78, 5) is 25.6. The smallest absolute Gasteiger partial charge is 0.408 e. The summed E-state index contributed by atoms with van der Waals surface area (Å²) in [5.41, 5.74) is -2.56. The number of amides is 1. The van der Waals surface area contributed by atoms with Crippen molar-refractivity contribution in [1.29, 1.82) is 0 Å². The van der Waals surface area contributed by atoms with Crippen LogP contribution in [0.15, 0.2) is 42.5 Å². The molecule has 1 aromatic carbocycles. The van der Waals surface area contributed by atoms with Gasteiger partial charge in [-0.2, -0.15) is 0 Å². The van der Waals surface area contributed by atoms with Crippen LogP contribution in [0.2, 0.25) is 0 Å². The van der Waals surface area contributed by atoms with Gasteiger partial charge in [-0.1, -0.05) is 108 Å². The third-order valence-corrected chi connectivity index (χ3v) is 6.15. The highest BCUT2D eigenvalue weighted by Crippen LogP contribution is 2.22. The molecule has 1 amide bonds. The average molecular weight is 504 g/mol. The minimum atomic E-state index is -2.11. The lowest BCUT2D eigenvalue weighted by molar-refractivity contribution is 0.0120. The van der Waals surface area contributed by atoms with E-state index in [4.69, 9.17) is 4.74 Å². The van der Waals surface area contributed by atoms with Gasteiger partial charge in [-0.25, -0.2) is 4.79 Å². The maximum absolute atomic E-state index is 13.3. The summed E-state index contributed by atoms with van der Waals surface area (Å²) in [6.07, 6.45) is 16.8. The molecule has 1 unspecified atom stereocenters. The Kier molecular flexibility index (Phi) is 15.3. The molecule has 204 valence electrons. The Hall–Kier alpha value is -2.18. The molecule has 0 aromatic heterocycles. The first-order valence-electron chi connectivity index (χ1n) is 13.7. The third-order valence-electron chi connectivity index (χ3n) is 6.15. The van der Waals surface area contributed by atoms with Gasteiger partial charge < -0.3 is 20.3 Å². The SMILES string of the molecule is CCCCCCCCCCCCCC=C[C@](O)(C(=O)c1ccccc1)C(CO)NC(=O)OC(C)(C)C. The number of aliphatic hydroxyl groups is 2. The molecule has 3 N–H and O–H groups in total. The van der Waals surface area contributed by atoms with Crippen molar-refractivity contribution >= 4 is 11.9 Å². The van der Waals surface area contributed by atoms with E-state index in [-0.39, 0.29) is 0 Å². The summed E-state index contributed by atoms with van der Waals surface area (Å²) in [5, 5.41) is 23.9. The van der Waals surface area contributed by atoms with Gasteiger partial charge in [-0.15, -0.1) is 0 Å². The van der Waals surface area contributed by atoms with Crippen LogP contribution in [0.3, 0.4) is 0 Å². The molecule has 0 heterocycles. The second-order valence-electron chi connectivity index (χ2n) is 10.6. The molecule has 0 saturated heterocycles. The number of nitrogens with one attached hydrogen (secondary N) is 1. The monoisotopic (exact) mass is 503 g/mol. The Morgan fingerprint density at radius 1 is 0.917 bits per heavy atom. The van der Waals surface area contributed by atoms with Gasteiger partial charge in [-0.05, 0) is 39.7 Å². The average Bonchev–Trinajstić information content (AvgIpc) is 2.84. The van der Waals surface area contributed by atoms with Gasteiger partial charge in [0.1, 0.15) is 5.60 Å². The number of benzene rings is 1. The van der Waals surface area contributed by atoms with E-state index in [0.717, 1.165) is 12.8 Å². The number of Topliss-reactive ketones (excluding diaryl/α,β-unsaturated/α-hetero) is 1. The van der Waals surface area contributed by atoms with Crippen molar-refractivity contribution in [3.63, 3.8) is 0 Å². The van der Waals surface area contributed by atoms with E-state index in [1.807, 2.05) is 0 Å². The number of hydrogen-bond donors (Lipinski definition) is 3. The number of alkyl carbamates (subject to hydrolysis) is 1. The molecule has 0 aliphatic heterocycles.